The molecule has 0 amide bonds. The van der Waals surface area contributed by atoms with Gasteiger partial charge in [0.15, 0.2) is 6.29 Å². The number of fused-ring (bicyclic) bond motifs is 5. The molecule has 0 aliphatic carbocycles. The lowest BCUT2D eigenvalue weighted by Gasteiger charge is -2.39. The van der Waals surface area contributed by atoms with Crippen molar-refractivity contribution in [1.29, 1.82) is 0 Å². The maximum Gasteiger partial charge on any atom is 0.184 e. The van der Waals surface area contributed by atoms with E-state index in [0.29, 0.717) is 19.6 Å². The van der Waals surface area contributed by atoms with Crippen molar-refractivity contribution >= 4 is 0 Å². The smallest absolute Gasteiger partial charge is 0.184 e. The highest BCUT2D eigenvalue weighted by atomic mass is 16.7. The maximum atomic E-state index is 7.06. The first-order chi connectivity index (χ1) is 23.3. The van der Waals surface area contributed by atoms with Crippen LogP contribution in [0.15, 0.2) is 97.1 Å². The predicted molar refractivity (Wildman–Crippen MR) is 175 cm³/mol. The SMILES string of the molecule is C1=C[C@H]2OCCC[C@@H]2O[C@@H]2C/C=C\[C@@H]3O[C@@H]4C[C@@H](OCc5ccccc5)[C@@H]5O[C@H](c6ccccc6)OC[C@H]5O[C@H]4C/C=C\C[C@H]3O[C@@H]12. The fourth-order valence-corrected chi connectivity index (χ4v) is 7.70. The minimum Gasteiger partial charge on any atom is -0.371 e. The van der Waals surface area contributed by atoms with Crippen molar-refractivity contribution < 1.29 is 37.9 Å². The van der Waals surface area contributed by atoms with Crippen LogP contribution in [0.2, 0.25) is 0 Å². The Hall–Kier alpha value is -2.66. The molecule has 3 fully saturated rings. The predicted octanol–water partition coefficient (Wildman–Crippen LogP) is 6.16. The molecular formula is C39H46O8. The number of benzene rings is 2. The van der Waals surface area contributed by atoms with Gasteiger partial charge in [0.25, 0.3) is 0 Å². The molecule has 3 saturated heterocycles. The summed E-state index contributed by atoms with van der Waals surface area (Å²) in [4.78, 5) is 0. The van der Waals surface area contributed by atoms with Crippen LogP contribution in [0, 0.1) is 0 Å². The van der Waals surface area contributed by atoms with Crippen molar-refractivity contribution in [1.82, 2.24) is 0 Å². The van der Waals surface area contributed by atoms with Gasteiger partial charge in [-0.1, -0.05) is 97.1 Å². The zero-order valence-electron chi connectivity index (χ0n) is 26.8. The number of ether oxygens (including phenoxy) is 8. The van der Waals surface area contributed by atoms with Gasteiger partial charge in [0.05, 0.1) is 49.8 Å². The molecule has 250 valence electrons. The van der Waals surface area contributed by atoms with Gasteiger partial charge in [-0.15, -0.1) is 0 Å². The lowest BCUT2D eigenvalue weighted by Crippen LogP contribution is -2.48. The first-order valence-corrected chi connectivity index (χ1v) is 17.5. The second-order valence-electron chi connectivity index (χ2n) is 13.4. The molecule has 0 saturated carbocycles. The molecule has 0 unspecified atom stereocenters. The van der Waals surface area contributed by atoms with Crippen LogP contribution in [0.25, 0.3) is 0 Å². The normalized spacial score (nSPS) is 41.6. The third kappa shape index (κ3) is 7.36. The van der Waals surface area contributed by atoms with Gasteiger partial charge >= 0.3 is 0 Å². The Bertz CT molecular complexity index is 1380. The summed E-state index contributed by atoms with van der Waals surface area (Å²) in [6.07, 6.45) is 15.6. The molecule has 8 rings (SSSR count). The molecule has 0 radical (unpaired) electrons. The second-order valence-corrected chi connectivity index (χ2v) is 13.4. The summed E-state index contributed by atoms with van der Waals surface area (Å²) >= 11 is 0. The van der Waals surface area contributed by atoms with Crippen LogP contribution in [-0.4, -0.2) is 80.4 Å². The van der Waals surface area contributed by atoms with Crippen molar-refractivity contribution in [3.63, 3.8) is 0 Å². The summed E-state index contributed by atoms with van der Waals surface area (Å²) < 4.78 is 53.1. The van der Waals surface area contributed by atoms with E-state index in [1.165, 1.54) is 0 Å². The van der Waals surface area contributed by atoms with Crippen LogP contribution in [0.5, 0.6) is 0 Å². The van der Waals surface area contributed by atoms with Crippen LogP contribution < -0.4 is 0 Å². The van der Waals surface area contributed by atoms with Gasteiger partial charge in [0.1, 0.15) is 30.5 Å². The molecule has 8 nitrogen and oxygen atoms in total. The number of hydrogen-bond acceptors (Lipinski definition) is 8. The highest BCUT2D eigenvalue weighted by Crippen LogP contribution is 2.38. The fourth-order valence-electron chi connectivity index (χ4n) is 7.70. The quantitative estimate of drug-likeness (QED) is 0.367. The summed E-state index contributed by atoms with van der Waals surface area (Å²) in [6, 6.07) is 20.4. The van der Waals surface area contributed by atoms with Gasteiger partial charge in [-0.2, -0.15) is 0 Å². The molecule has 6 aliphatic heterocycles. The van der Waals surface area contributed by atoms with Crippen molar-refractivity contribution in [3.8, 4) is 0 Å². The highest BCUT2D eigenvalue weighted by molar-refractivity contribution is 5.17. The van der Waals surface area contributed by atoms with Crippen LogP contribution >= 0.6 is 0 Å². The van der Waals surface area contributed by atoms with Crippen LogP contribution in [0.1, 0.15) is 55.9 Å². The van der Waals surface area contributed by atoms with E-state index in [2.05, 4.69) is 48.6 Å². The monoisotopic (exact) mass is 642 g/mol. The number of rotatable bonds is 4. The van der Waals surface area contributed by atoms with Crippen molar-refractivity contribution in [2.45, 2.75) is 119 Å². The van der Waals surface area contributed by atoms with Gasteiger partial charge in [0, 0.05) is 18.6 Å². The summed E-state index contributed by atoms with van der Waals surface area (Å²) in [5.41, 5.74) is 2.10. The van der Waals surface area contributed by atoms with Gasteiger partial charge in [-0.05, 0) is 37.7 Å². The Labute approximate surface area is 277 Å². The fraction of sp³-hybridized carbons (Fsp3) is 0.538. The Morgan fingerprint density at radius 3 is 2.17 bits per heavy atom. The third-order valence-electron chi connectivity index (χ3n) is 10.2. The van der Waals surface area contributed by atoms with Gasteiger partial charge in [-0.25, -0.2) is 0 Å². The zero-order chi connectivity index (χ0) is 31.4. The van der Waals surface area contributed by atoms with Crippen molar-refractivity contribution in [2.24, 2.45) is 0 Å². The van der Waals surface area contributed by atoms with Gasteiger partial charge < -0.3 is 37.9 Å². The number of hydrogen-bond donors (Lipinski definition) is 0. The van der Waals surface area contributed by atoms with E-state index >= 15 is 0 Å². The van der Waals surface area contributed by atoms with E-state index in [4.69, 9.17) is 37.9 Å². The summed E-state index contributed by atoms with van der Waals surface area (Å²) in [5.74, 6) is 0. The first-order valence-electron chi connectivity index (χ1n) is 17.5. The highest BCUT2D eigenvalue weighted by Gasteiger charge is 2.47. The molecule has 0 N–H and O–H groups in total. The van der Waals surface area contributed by atoms with E-state index in [-0.39, 0.29) is 67.1 Å². The lowest BCUT2D eigenvalue weighted by molar-refractivity contribution is -0.288. The van der Waals surface area contributed by atoms with Gasteiger partial charge in [0.2, 0.25) is 0 Å². The third-order valence-corrected chi connectivity index (χ3v) is 10.2. The standard InChI is InChI=1S/C39H46O8/c1-3-11-26(12-4-1)24-41-36-23-35-33(46-37-25-42-39(47-38(36)37)27-13-5-2-6-14-27)16-8-7-15-30-31(45-35)17-9-18-32-34(44-30)21-20-28-29(43-32)19-10-22-40-28/h1-9,11-14,17,20-21,28-39H,10,15-16,18-19,22-25H2/b8-7-,17-9-/t28-,29+,30-,31+,32-,33+,34+,35-,36-,37-,38+,39-/m1/s1. The topological polar surface area (TPSA) is 73.8 Å². The Morgan fingerprint density at radius 1 is 0.596 bits per heavy atom. The van der Waals surface area contributed by atoms with Crippen LogP contribution in [0.4, 0.5) is 0 Å². The Morgan fingerprint density at radius 2 is 1.30 bits per heavy atom. The average Bonchev–Trinajstić information content (AvgIpc) is 3.33. The van der Waals surface area contributed by atoms with Gasteiger partial charge in [-0.3, -0.25) is 0 Å². The summed E-state index contributed by atoms with van der Waals surface area (Å²) in [5, 5.41) is 0. The minimum absolute atomic E-state index is 0.00926. The molecule has 12 atom stereocenters. The molecule has 6 heterocycles. The van der Waals surface area contributed by atoms with Crippen LogP contribution in [0.3, 0.4) is 0 Å². The van der Waals surface area contributed by atoms with E-state index in [1.54, 1.807) is 0 Å². The summed E-state index contributed by atoms with van der Waals surface area (Å²) in [6.45, 7) is 1.67. The van der Waals surface area contributed by atoms with Crippen LogP contribution in [-0.2, 0) is 44.5 Å². The van der Waals surface area contributed by atoms with E-state index in [1.807, 2.05) is 48.5 Å². The first kappa shape index (κ1) is 31.6. The summed E-state index contributed by atoms with van der Waals surface area (Å²) in [7, 11) is 0. The Balaban J connectivity index is 1.04. The Kier molecular flexibility index (Phi) is 9.98. The lowest BCUT2D eigenvalue weighted by atomic mass is 9.99. The molecule has 2 aromatic rings. The largest absolute Gasteiger partial charge is 0.371 e. The van der Waals surface area contributed by atoms with Crippen molar-refractivity contribution in [2.75, 3.05) is 13.2 Å². The second kappa shape index (κ2) is 14.8. The molecular weight excluding hydrogens is 596 g/mol. The zero-order valence-corrected chi connectivity index (χ0v) is 26.8. The molecule has 8 heteroatoms. The minimum atomic E-state index is -0.484. The molecule has 2 aromatic carbocycles. The maximum absolute atomic E-state index is 7.06. The van der Waals surface area contributed by atoms with E-state index in [0.717, 1.165) is 49.8 Å². The molecule has 0 spiro atoms. The molecule has 47 heavy (non-hydrogen) atoms. The van der Waals surface area contributed by atoms with E-state index in [9.17, 15) is 0 Å². The molecule has 0 aromatic heterocycles. The molecule has 6 aliphatic rings. The average molecular weight is 643 g/mol. The van der Waals surface area contributed by atoms with Crippen molar-refractivity contribution in [3.05, 3.63) is 108 Å². The van der Waals surface area contributed by atoms with E-state index < -0.39 is 6.29 Å². The molecule has 0 bridgehead atoms.